The number of aliphatic imine (C=N–C) groups is 1. The predicted molar refractivity (Wildman–Crippen MR) is 137 cm³/mol. The van der Waals surface area contributed by atoms with E-state index in [9.17, 15) is 4.79 Å². The van der Waals surface area contributed by atoms with Crippen LogP contribution in [-0.4, -0.2) is 92.6 Å². The summed E-state index contributed by atoms with van der Waals surface area (Å²) >= 11 is 0. The van der Waals surface area contributed by atoms with Gasteiger partial charge in [-0.05, 0) is 44.7 Å². The molecule has 8 heteroatoms. The van der Waals surface area contributed by atoms with Crippen LogP contribution in [-0.2, 0) is 11.2 Å². The lowest BCUT2D eigenvalue weighted by molar-refractivity contribution is -0.135. The summed E-state index contributed by atoms with van der Waals surface area (Å²) in [6.07, 6.45) is 3.16. The van der Waals surface area contributed by atoms with Gasteiger partial charge in [0.05, 0.1) is 13.2 Å². The molecule has 2 saturated heterocycles. The fourth-order valence-corrected chi connectivity index (χ4v) is 4.42. The van der Waals surface area contributed by atoms with E-state index in [4.69, 9.17) is 4.74 Å². The molecule has 0 aromatic heterocycles. The molecule has 0 saturated carbocycles. The number of rotatable bonds is 6. The highest BCUT2D eigenvalue weighted by atomic mass is 127. The van der Waals surface area contributed by atoms with Gasteiger partial charge >= 0.3 is 0 Å². The van der Waals surface area contributed by atoms with Crippen LogP contribution in [0.2, 0.25) is 0 Å². The summed E-state index contributed by atoms with van der Waals surface area (Å²) in [5.74, 6) is 2.15. The first-order chi connectivity index (χ1) is 14.5. The van der Waals surface area contributed by atoms with Crippen LogP contribution < -0.4 is 10.1 Å². The average molecular weight is 543 g/mol. The Morgan fingerprint density at radius 2 is 1.81 bits per heavy atom. The van der Waals surface area contributed by atoms with Gasteiger partial charge in [0.25, 0.3) is 0 Å². The Labute approximate surface area is 204 Å². The van der Waals surface area contributed by atoms with Crippen LogP contribution in [0.4, 0.5) is 0 Å². The standard InChI is InChI=1S/C23H37N5O2.HI/c1-18-7-8-21(30-4)20(17-18)9-10-25-23(24-3)28-15-13-26(14-16-28)19(2)22(29)27-11-5-6-12-27;/h7-8,17,19H,5-6,9-16H2,1-4H3,(H,24,25);1H. The summed E-state index contributed by atoms with van der Waals surface area (Å²) in [6.45, 7) is 10.3. The van der Waals surface area contributed by atoms with Crippen molar-refractivity contribution in [2.45, 2.75) is 39.2 Å². The zero-order valence-corrected chi connectivity index (χ0v) is 21.7. The van der Waals surface area contributed by atoms with Gasteiger partial charge < -0.3 is 19.9 Å². The van der Waals surface area contributed by atoms with Crippen molar-refractivity contribution < 1.29 is 9.53 Å². The third-order valence-electron chi connectivity index (χ3n) is 6.26. The number of guanidine groups is 1. The topological polar surface area (TPSA) is 60.4 Å². The van der Waals surface area contributed by atoms with Crippen molar-refractivity contribution in [2.24, 2.45) is 4.99 Å². The molecule has 1 atom stereocenters. The second-order valence-corrected chi connectivity index (χ2v) is 8.27. The zero-order valence-electron chi connectivity index (χ0n) is 19.4. The van der Waals surface area contributed by atoms with E-state index in [0.29, 0.717) is 0 Å². The van der Waals surface area contributed by atoms with Gasteiger partial charge in [-0.1, -0.05) is 17.7 Å². The van der Waals surface area contributed by atoms with E-state index < -0.39 is 0 Å². The Kier molecular flexibility index (Phi) is 10.3. The van der Waals surface area contributed by atoms with Crippen LogP contribution in [0.5, 0.6) is 5.75 Å². The smallest absolute Gasteiger partial charge is 0.239 e. The summed E-state index contributed by atoms with van der Waals surface area (Å²) in [4.78, 5) is 23.8. The minimum atomic E-state index is -0.0333. The number of likely N-dealkylation sites (tertiary alicyclic amines) is 1. The number of methoxy groups -OCH3 is 1. The molecule has 0 radical (unpaired) electrons. The van der Waals surface area contributed by atoms with Crippen molar-refractivity contribution in [1.29, 1.82) is 0 Å². The van der Waals surface area contributed by atoms with Crippen LogP contribution in [0.25, 0.3) is 0 Å². The van der Waals surface area contributed by atoms with E-state index in [1.54, 1.807) is 7.11 Å². The molecule has 1 aromatic rings. The van der Waals surface area contributed by atoms with Crippen LogP contribution in [0.1, 0.15) is 30.9 Å². The number of piperazine rings is 1. The van der Waals surface area contributed by atoms with Gasteiger partial charge in [0, 0.05) is 52.9 Å². The minimum absolute atomic E-state index is 0. The number of amides is 1. The van der Waals surface area contributed by atoms with Crippen molar-refractivity contribution in [3.63, 3.8) is 0 Å². The molecule has 174 valence electrons. The predicted octanol–water partition coefficient (Wildman–Crippen LogP) is 2.37. The molecule has 2 heterocycles. The molecule has 1 amide bonds. The van der Waals surface area contributed by atoms with E-state index >= 15 is 0 Å². The number of aryl methyl sites for hydroxylation is 1. The molecule has 3 rings (SSSR count). The van der Waals surface area contributed by atoms with Crippen LogP contribution in [0.15, 0.2) is 23.2 Å². The lowest BCUT2D eigenvalue weighted by Gasteiger charge is -2.39. The van der Waals surface area contributed by atoms with Gasteiger partial charge in [0.1, 0.15) is 5.75 Å². The lowest BCUT2D eigenvalue weighted by atomic mass is 10.1. The number of hydrogen-bond acceptors (Lipinski definition) is 4. The number of carbonyl (C=O) groups is 1. The van der Waals surface area contributed by atoms with Crippen molar-refractivity contribution in [3.05, 3.63) is 29.3 Å². The van der Waals surface area contributed by atoms with Crippen molar-refractivity contribution >= 4 is 35.8 Å². The molecule has 0 bridgehead atoms. The van der Waals surface area contributed by atoms with Gasteiger partial charge in [-0.2, -0.15) is 0 Å². The number of halogens is 1. The summed E-state index contributed by atoms with van der Waals surface area (Å²) in [6, 6.07) is 6.25. The Balaban J connectivity index is 0.00000341. The van der Waals surface area contributed by atoms with Crippen LogP contribution in [0, 0.1) is 6.92 Å². The van der Waals surface area contributed by atoms with Gasteiger partial charge in [-0.15, -0.1) is 24.0 Å². The maximum absolute atomic E-state index is 12.7. The van der Waals surface area contributed by atoms with Gasteiger partial charge in [-0.25, -0.2) is 0 Å². The largest absolute Gasteiger partial charge is 0.496 e. The monoisotopic (exact) mass is 543 g/mol. The Bertz CT molecular complexity index is 743. The molecule has 2 fully saturated rings. The first kappa shape index (κ1) is 25.7. The fourth-order valence-electron chi connectivity index (χ4n) is 4.42. The molecule has 0 spiro atoms. The maximum Gasteiger partial charge on any atom is 0.239 e. The highest BCUT2D eigenvalue weighted by Gasteiger charge is 2.30. The molecule has 2 aliphatic rings. The molecule has 1 N–H and O–H groups in total. The van der Waals surface area contributed by atoms with Crippen LogP contribution in [0.3, 0.4) is 0 Å². The first-order valence-corrected chi connectivity index (χ1v) is 11.2. The molecule has 7 nitrogen and oxygen atoms in total. The quantitative estimate of drug-likeness (QED) is 0.339. The molecular weight excluding hydrogens is 505 g/mol. The second kappa shape index (κ2) is 12.5. The van der Waals surface area contributed by atoms with Gasteiger partial charge in [-0.3, -0.25) is 14.7 Å². The number of nitrogens with zero attached hydrogens (tertiary/aromatic N) is 4. The van der Waals surface area contributed by atoms with Crippen molar-refractivity contribution in [2.75, 3.05) is 60.0 Å². The van der Waals surface area contributed by atoms with E-state index in [2.05, 4.69) is 46.1 Å². The summed E-state index contributed by atoms with van der Waals surface area (Å²) in [5.41, 5.74) is 2.45. The third-order valence-corrected chi connectivity index (χ3v) is 6.26. The molecule has 0 aliphatic carbocycles. The van der Waals surface area contributed by atoms with E-state index in [0.717, 1.165) is 76.8 Å². The van der Waals surface area contributed by atoms with Gasteiger partial charge in [0.2, 0.25) is 5.91 Å². The van der Waals surface area contributed by atoms with Crippen molar-refractivity contribution in [3.8, 4) is 5.75 Å². The maximum atomic E-state index is 12.7. The first-order valence-electron chi connectivity index (χ1n) is 11.2. The van der Waals surface area contributed by atoms with E-state index in [1.807, 2.05) is 18.0 Å². The van der Waals surface area contributed by atoms with Crippen molar-refractivity contribution in [1.82, 2.24) is 20.0 Å². The average Bonchev–Trinajstić information content (AvgIpc) is 3.31. The van der Waals surface area contributed by atoms with E-state index in [1.165, 1.54) is 11.1 Å². The highest BCUT2D eigenvalue weighted by Crippen LogP contribution is 2.20. The zero-order chi connectivity index (χ0) is 21.5. The molecule has 31 heavy (non-hydrogen) atoms. The number of benzene rings is 1. The molecule has 1 unspecified atom stereocenters. The minimum Gasteiger partial charge on any atom is -0.496 e. The normalized spacial score (nSPS) is 18.5. The highest BCUT2D eigenvalue weighted by molar-refractivity contribution is 14.0. The molecular formula is C23H38IN5O2. The number of nitrogens with one attached hydrogen (secondary N) is 1. The SMILES string of the molecule is CN=C(NCCc1cc(C)ccc1OC)N1CCN(C(C)C(=O)N2CCCC2)CC1.I. The van der Waals surface area contributed by atoms with Crippen LogP contribution >= 0.6 is 24.0 Å². The third kappa shape index (κ3) is 6.71. The Morgan fingerprint density at radius 3 is 2.42 bits per heavy atom. The molecule has 1 aromatic carbocycles. The van der Waals surface area contributed by atoms with E-state index in [-0.39, 0.29) is 35.9 Å². The number of hydrogen-bond donors (Lipinski definition) is 1. The summed E-state index contributed by atoms with van der Waals surface area (Å²) < 4.78 is 5.49. The van der Waals surface area contributed by atoms with Gasteiger partial charge in [0.15, 0.2) is 5.96 Å². The number of carbonyl (C=O) groups excluding carboxylic acids is 1. The summed E-state index contributed by atoms with van der Waals surface area (Å²) in [5, 5.41) is 3.50. The fraction of sp³-hybridized carbons (Fsp3) is 0.652. The Morgan fingerprint density at radius 1 is 1.13 bits per heavy atom. The summed E-state index contributed by atoms with van der Waals surface area (Å²) in [7, 11) is 3.55. The lowest BCUT2D eigenvalue weighted by Crippen LogP contribution is -2.57. The Hall–Kier alpha value is -1.55. The second-order valence-electron chi connectivity index (χ2n) is 8.27. The molecule has 2 aliphatic heterocycles. The number of ether oxygens (including phenoxy) is 1.